The van der Waals surface area contributed by atoms with Gasteiger partial charge in [-0.1, -0.05) is 103 Å². The zero-order valence-corrected chi connectivity index (χ0v) is 21.0. The van der Waals surface area contributed by atoms with E-state index in [1.807, 2.05) is 42.6 Å². The third kappa shape index (κ3) is 3.42. The van der Waals surface area contributed by atoms with Crippen molar-refractivity contribution in [3.63, 3.8) is 0 Å². The van der Waals surface area contributed by atoms with Crippen LogP contribution >= 0.6 is 0 Å². The minimum absolute atomic E-state index is 0.732. The Bertz CT molecular complexity index is 2160. The highest BCUT2D eigenvalue weighted by Crippen LogP contribution is 2.38. The molecule has 0 aliphatic rings. The summed E-state index contributed by atoms with van der Waals surface area (Å²) >= 11 is 0. The summed E-state index contributed by atoms with van der Waals surface area (Å²) in [6.45, 7) is 0. The lowest BCUT2D eigenvalue weighted by Crippen LogP contribution is -1.95. The van der Waals surface area contributed by atoms with Crippen molar-refractivity contribution in [1.29, 1.82) is 0 Å². The topological polar surface area (TPSA) is 43.1 Å². The Kier molecular flexibility index (Phi) is 4.79. The Morgan fingerprint density at radius 3 is 1.90 bits per heavy atom. The Balaban J connectivity index is 1.33. The van der Waals surface area contributed by atoms with E-state index < -0.39 is 0 Å². The van der Waals surface area contributed by atoms with Gasteiger partial charge < -0.3 is 4.40 Å². The number of para-hydroxylation sites is 4. The van der Waals surface area contributed by atoms with Crippen molar-refractivity contribution in [1.82, 2.24) is 19.4 Å². The van der Waals surface area contributed by atoms with Crippen LogP contribution in [0.25, 0.3) is 72.1 Å². The van der Waals surface area contributed by atoms with Gasteiger partial charge in [0.05, 0.1) is 39.5 Å². The van der Waals surface area contributed by atoms with Gasteiger partial charge in [0.1, 0.15) is 0 Å². The first-order valence-corrected chi connectivity index (χ1v) is 13.0. The molecule has 0 bridgehead atoms. The van der Waals surface area contributed by atoms with Crippen molar-refractivity contribution < 1.29 is 0 Å². The van der Waals surface area contributed by atoms with Crippen LogP contribution in [0.3, 0.4) is 0 Å². The standard InChI is InChI=1S/C35H22N4/c1-2-10-25(11-3-1)35-37-28-14-6-4-12-26(28)34(38-35)24-20-18-23(19-21-24)33-27-13-5-8-16-30(27)39-31-17-9-7-15-29(31)36-22-32(33)39/h1-22H. The number of fused-ring (bicyclic) bond motifs is 6. The van der Waals surface area contributed by atoms with Crippen molar-refractivity contribution in [3.8, 4) is 33.8 Å². The first-order chi connectivity index (χ1) is 19.3. The van der Waals surface area contributed by atoms with E-state index in [0.717, 1.165) is 55.7 Å². The molecule has 0 aliphatic heterocycles. The van der Waals surface area contributed by atoms with Crippen molar-refractivity contribution >= 4 is 38.4 Å². The van der Waals surface area contributed by atoms with Crippen LogP contribution in [0.15, 0.2) is 134 Å². The summed E-state index contributed by atoms with van der Waals surface area (Å²) in [6, 6.07) is 44.0. The van der Waals surface area contributed by atoms with Gasteiger partial charge in [-0.15, -0.1) is 0 Å². The summed E-state index contributed by atoms with van der Waals surface area (Å²) in [5, 5.41) is 2.25. The van der Waals surface area contributed by atoms with Crippen LogP contribution in [-0.2, 0) is 0 Å². The van der Waals surface area contributed by atoms with Gasteiger partial charge in [0.2, 0.25) is 0 Å². The van der Waals surface area contributed by atoms with Crippen LogP contribution in [0.1, 0.15) is 0 Å². The maximum absolute atomic E-state index is 5.04. The molecule has 0 unspecified atom stereocenters. The van der Waals surface area contributed by atoms with E-state index >= 15 is 0 Å². The SMILES string of the molecule is c1ccc(-c2nc(-c3ccc(-c4c5ccccc5n5c4cnc4ccccc45)cc3)c3ccccc3n2)cc1. The molecule has 0 saturated carbocycles. The second kappa shape index (κ2) is 8.61. The minimum atomic E-state index is 0.732. The Morgan fingerprint density at radius 2 is 1.08 bits per heavy atom. The monoisotopic (exact) mass is 498 g/mol. The predicted molar refractivity (Wildman–Crippen MR) is 160 cm³/mol. The van der Waals surface area contributed by atoms with Gasteiger partial charge in [-0.3, -0.25) is 4.98 Å². The van der Waals surface area contributed by atoms with E-state index in [4.69, 9.17) is 15.0 Å². The number of hydrogen-bond donors (Lipinski definition) is 0. The first-order valence-electron chi connectivity index (χ1n) is 13.0. The maximum atomic E-state index is 5.04. The lowest BCUT2D eigenvalue weighted by molar-refractivity contribution is 1.23. The second-order valence-corrected chi connectivity index (χ2v) is 9.72. The quantitative estimate of drug-likeness (QED) is 0.245. The highest BCUT2D eigenvalue weighted by molar-refractivity contribution is 6.08. The van der Waals surface area contributed by atoms with E-state index in [1.54, 1.807) is 0 Å². The molecule has 0 fully saturated rings. The Labute approximate surface area is 224 Å². The Morgan fingerprint density at radius 1 is 0.436 bits per heavy atom. The highest BCUT2D eigenvalue weighted by Gasteiger charge is 2.17. The lowest BCUT2D eigenvalue weighted by Gasteiger charge is -2.10. The smallest absolute Gasteiger partial charge is 0.160 e. The fourth-order valence-corrected chi connectivity index (χ4v) is 5.65. The summed E-state index contributed by atoms with van der Waals surface area (Å²) in [6.07, 6.45) is 2.00. The number of rotatable bonds is 3. The van der Waals surface area contributed by atoms with Gasteiger partial charge in [-0.05, 0) is 29.8 Å². The minimum Gasteiger partial charge on any atom is -0.306 e. The molecule has 0 spiro atoms. The van der Waals surface area contributed by atoms with Crippen LogP contribution < -0.4 is 0 Å². The summed E-state index contributed by atoms with van der Waals surface area (Å²) in [5.41, 5.74) is 10.6. The van der Waals surface area contributed by atoms with Crippen LogP contribution in [0.4, 0.5) is 0 Å². The summed E-state index contributed by atoms with van der Waals surface area (Å²) in [5.74, 6) is 0.732. The molecule has 0 N–H and O–H groups in total. The molecule has 0 aliphatic carbocycles. The summed E-state index contributed by atoms with van der Waals surface area (Å²) in [7, 11) is 0. The molecule has 182 valence electrons. The molecular weight excluding hydrogens is 476 g/mol. The lowest BCUT2D eigenvalue weighted by atomic mass is 9.99. The molecule has 0 radical (unpaired) electrons. The fourth-order valence-electron chi connectivity index (χ4n) is 5.65. The zero-order valence-electron chi connectivity index (χ0n) is 21.0. The second-order valence-electron chi connectivity index (χ2n) is 9.72. The normalized spacial score (nSPS) is 11.6. The van der Waals surface area contributed by atoms with Gasteiger partial charge in [0.25, 0.3) is 0 Å². The van der Waals surface area contributed by atoms with Crippen molar-refractivity contribution in [2.45, 2.75) is 0 Å². The van der Waals surface area contributed by atoms with Gasteiger partial charge in [0.15, 0.2) is 5.82 Å². The highest BCUT2D eigenvalue weighted by atomic mass is 14.9. The molecular formula is C35H22N4. The first kappa shape index (κ1) is 21.7. The van der Waals surface area contributed by atoms with Gasteiger partial charge in [-0.25, -0.2) is 9.97 Å². The number of aromatic nitrogens is 4. The fraction of sp³-hybridized carbons (Fsp3) is 0. The zero-order chi connectivity index (χ0) is 25.8. The van der Waals surface area contributed by atoms with Crippen molar-refractivity contribution in [3.05, 3.63) is 134 Å². The Hall–Kier alpha value is -5.35. The molecule has 8 aromatic rings. The molecule has 0 amide bonds. The van der Waals surface area contributed by atoms with Gasteiger partial charge in [0, 0.05) is 27.5 Å². The van der Waals surface area contributed by atoms with Crippen LogP contribution in [0.2, 0.25) is 0 Å². The molecule has 8 rings (SSSR count). The van der Waals surface area contributed by atoms with E-state index in [9.17, 15) is 0 Å². The summed E-state index contributed by atoms with van der Waals surface area (Å²) < 4.78 is 2.32. The molecule has 3 heterocycles. The van der Waals surface area contributed by atoms with E-state index in [2.05, 4.69) is 95.4 Å². The van der Waals surface area contributed by atoms with Crippen molar-refractivity contribution in [2.24, 2.45) is 0 Å². The summed E-state index contributed by atoms with van der Waals surface area (Å²) in [4.78, 5) is 14.7. The largest absolute Gasteiger partial charge is 0.306 e. The number of nitrogens with zero attached hydrogens (tertiary/aromatic N) is 4. The number of benzene rings is 5. The average molecular weight is 499 g/mol. The molecule has 4 nitrogen and oxygen atoms in total. The molecule has 0 saturated heterocycles. The molecule has 4 heteroatoms. The molecule has 3 aromatic heterocycles. The third-order valence-electron chi connectivity index (χ3n) is 7.44. The van der Waals surface area contributed by atoms with Crippen LogP contribution in [-0.4, -0.2) is 19.4 Å². The third-order valence-corrected chi connectivity index (χ3v) is 7.44. The number of hydrogen-bond acceptors (Lipinski definition) is 3. The molecule has 5 aromatic carbocycles. The van der Waals surface area contributed by atoms with E-state index in [-0.39, 0.29) is 0 Å². The predicted octanol–water partition coefficient (Wildman–Crippen LogP) is 8.58. The van der Waals surface area contributed by atoms with Crippen LogP contribution in [0.5, 0.6) is 0 Å². The maximum Gasteiger partial charge on any atom is 0.160 e. The van der Waals surface area contributed by atoms with E-state index in [1.165, 1.54) is 16.5 Å². The average Bonchev–Trinajstić information content (AvgIpc) is 3.36. The van der Waals surface area contributed by atoms with Crippen LogP contribution in [0, 0.1) is 0 Å². The van der Waals surface area contributed by atoms with Crippen molar-refractivity contribution in [2.75, 3.05) is 0 Å². The molecule has 39 heavy (non-hydrogen) atoms. The van der Waals surface area contributed by atoms with Gasteiger partial charge >= 0.3 is 0 Å². The van der Waals surface area contributed by atoms with E-state index in [0.29, 0.717) is 0 Å². The van der Waals surface area contributed by atoms with Gasteiger partial charge in [-0.2, -0.15) is 0 Å². The molecule has 0 atom stereocenters.